The largest absolute Gasteiger partial charge is 0.495 e. The fraction of sp³-hybridized carbons (Fsp3) is 0.400. The molecule has 1 aromatic carbocycles. The molecule has 0 aliphatic heterocycles. The Morgan fingerprint density at radius 3 is 2.87 bits per heavy atom. The number of methoxy groups -OCH3 is 1. The molecule has 15 heavy (non-hydrogen) atoms. The van der Waals surface area contributed by atoms with Crippen molar-refractivity contribution in [3.63, 3.8) is 0 Å². The van der Waals surface area contributed by atoms with E-state index in [-0.39, 0.29) is 0 Å². The SMILES string of the molecule is COc1cc(N)ccc1S(=O)CCSC. The van der Waals surface area contributed by atoms with Crippen LogP contribution in [0.3, 0.4) is 0 Å². The number of anilines is 1. The van der Waals surface area contributed by atoms with E-state index in [0.717, 1.165) is 10.6 Å². The Hall–Kier alpha value is -0.680. The van der Waals surface area contributed by atoms with E-state index in [9.17, 15) is 4.21 Å². The summed E-state index contributed by atoms with van der Waals surface area (Å²) in [5.41, 5.74) is 6.24. The lowest BCUT2D eigenvalue weighted by atomic mass is 10.3. The summed E-state index contributed by atoms with van der Waals surface area (Å²) in [6.45, 7) is 0. The molecule has 5 heteroatoms. The Labute approximate surface area is 96.8 Å². The first-order chi connectivity index (χ1) is 7.19. The van der Waals surface area contributed by atoms with Gasteiger partial charge in [0.25, 0.3) is 0 Å². The summed E-state index contributed by atoms with van der Waals surface area (Å²) >= 11 is 1.68. The summed E-state index contributed by atoms with van der Waals surface area (Å²) in [6.07, 6.45) is 2.00. The van der Waals surface area contributed by atoms with Gasteiger partial charge in [-0.15, -0.1) is 0 Å². The second-order valence-electron chi connectivity index (χ2n) is 2.95. The number of hydrogen-bond donors (Lipinski definition) is 1. The average molecular weight is 245 g/mol. The fourth-order valence-corrected chi connectivity index (χ4v) is 3.22. The van der Waals surface area contributed by atoms with Crippen molar-refractivity contribution in [2.24, 2.45) is 0 Å². The van der Waals surface area contributed by atoms with Gasteiger partial charge in [0.1, 0.15) is 5.75 Å². The molecule has 0 saturated carbocycles. The van der Waals surface area contributed by atoms with E-state index in [1.54, 1.807) is 37.1 Å². The molecule has 1 rings (SSSR count). The second kappa shape index (κ2) is 6.02. The Morgan fingerprint density at radius 2 is 2.27 bits per heavy atom. The van der Waals surface area contributed by atoms with Crippen LogP contribution in [0.2, 0.25) is 0 Å². The Kier molecular flexibility index (Phi) is 4.98. The molecule has 0 saturated heterocycles. The first-order valence-corrected chi connectivity index (χ1v) is 7.21. The summed E-state index contributed by atoms with van der Waals surface area (Å²) in [5, 5.41) is 0. The van der Waals surface area contributed by atoms with Crippen LogP contribution in [0.1, 0.15) is 0 Å². The van der Waals surface area contributed by atoms with E-state index in [1.165, 1.54) is 0 Å². The van der Waals surface area contributed by atoms with E-state index in [2.05, 4.69) is 0 Å². The van der Waals surface area contributed by atoms with Gasteiger partial charge in [0.15, 0.2) is 0 Å². The van der Waals surface area contributed by atoms with Gasteiger partial charge in [0.05, 0.1) is 22.8 Å². The van der Waals surface area contributed by atoms with Crippen molar-refractivity contribution in [3.8, 4) is 5.75 Å². The van der Waals surface area contributed by atoms with Crippen molar-refractivity contribution in [1.29, 1.82) is 0 Å². The van der Waals surface area contributed by atoms with Crippen LogP contribution in [0.15, 0.2) is 23.1 Å². The third-order valence-corrected chi connectivity index (χ3v) is 4.18. The van der Waals surface area contributed by atoms with Crippen molar-refractivity contribution in [2.45, 2.75) is 4.90 Å². The maximum atomic E-state index is 11.9. The van der Waals surface area contributed by atoms with Gasteiger partial charge >= 0.3 is 0 Å². The molecule has 0 heterocycles. The zero-order chi connectivity index (χ0) is 11.3. The molecule has 0 radical (unpaired) electrons. The predicted octanol–water partition coefficient (Wildman–Crippen LogP) is 1.75. The normalized spacial score (nSPS) is 12.4. The maximum absolute atomic E-state index is 11.9. The van der Waals surface area contributed by atoms with E-state index < -0.39 is 10.8 Å². The summed E-state index contributed by atoms with van der Waals surface area (Å²) in [7, 11) is 0.555. The molecule has 0 aromatic heterocycles. The summed E-state index contributed by atoms with van der Waals surface area (Å²) < 4.78 is 17.0. The third kappa shape index (κ3) is 3.43. The molecule has 2 N–H and O–H groups in total. The van der Waals surface area contributed by atoms with Crippen LogP contribution in [0.25, 0.3) is 0 Å². The molecule has 84 valence electrons. The Bertz CT molecular complexity index is 355. The lowest BCUT2D eigenvalue weighted by Crippen LogP contribution is -2.03. The van der Waals surface area contributed by atoms with Crippen molar-refractivity contribution < 1.29 is 8.95 Å². The van der Waals surface area contributed by atoms with Gasteiger partial charge in [-0.05, 0) is 18.4 Å². The lowest BCUT2D eigenvalue weighted by molar-refractivity contribution is 0.404. The summed E-state index contributed by atoms with van der Waals surface area (Å²) in [5.74, 6) is 2.12. The van der Waals surface area contributed by atoms with Crippen LogP contribution in [0, 0.1) is 0 Å². The minimum absolute atomic E-state index is 0.606. The monoisotopic (exact) mass is 245 g/mol. The van der Waals surface area contributed by atoms with Crippen LogP contribution in [-0.4, -0.2) is 29.1 Å². The van der Waals surface area contributed by atoms with Gasteiger partial charge < -0.3 is 10.5 Å². The van der Waals surface area contributed by atoms with Gasteiger partial charge in [-0.2, -0.15) is 11.8 Å². The smallest absolute Gasteiger partial charge is 0.137 e. The van der Waals surface area contributed by atoms with Crippen molar-refractivity contribution in [3.05, 3.63) is 18.2 Å². The summed E-state index contributed by atoms with van der Waals surface area (Å²) in [6, 6.07) is 5.21. The van der Waals surface area contributed by atoms with Gasteiger partial charge in [-0.3, -0.25) is 4.21 Å². The maximum Gasteiger partial charge on any atom is 0.137 e. The molecular weight excluding hydrogens is 230 g/mol. The molecule has 0 bridgehead atoms. The highest BCUT2D eigenvalue weighted by Gasteiger charge is 2.10. The van der Waals surface area contributed by atoms with Crippen molar-refractivity contribution in [1.82, 2.24) is 0 Å². The number of rotatable bonds is 5. The van der Waals surface area contributed by atoms with Crippen LogP contribution >= 0.6 is 11.8 Å². The van der Waals surface area contributed by atoms with Crippen molar-refractivity contribution >= 4 is 28.2 Å². The molecular formula is C10H15NO2S2. The number of thioether (sulfide) groups is 1. The first-order valence-electron chi connectivity index (χ1n) is 4.50. The Morgan fingerprint density at radius 1 is 1.53 bits per heavy atom. The standard InChI is InChI=1S/C10H15NO2S2/c1-13-9-7-8(11)3-4-10(9)15(12)6-5-14-2/h3-4,7H,5-6,11H2,1-2H3. The highest BCUT2D eigenvalue weighted by atomic mass is 32.2. The molecule has 0 aliphatic rings. The van der Waals surface area contributed by atoms with E-state index in [4.69, 9.17) is 10.5 Å². The fourth-order valence-electron chi connectivity index (χ4n) is 1.14. The molecule has 1 atom stereocenters. The minimum atomic E-state index is -1.00. The number of hydrogen-bond acceptors (Lipinski definition) is 4. The highest BCUT2D eigenvalue weighted by Crippen LogP contribution is 2.25. The van der Waals surface area contributed by atoms with E-state index >= 15 is 0 Å². The molecule has 1 aromatic rings. The number of nitrogens with two attached hydrogens (primary N) is 1. The second-order valence-corrected chi connectivity index (χ2v) is 5.48. The third-order valence-electron chi connectivity index (χ3n) is 1.91. The van der Waals surface area contributed by atoms with Crippen molar-refractivity contribution in [2.75, 3.05) is 30.6 Å². The number of ether oxygens (including phenoxy) is 1. The topological polar surface area (TPSA) is 52.3 Å². The number of benzene rings is 1. The highest BCUT2D eigenvalue weighted by molar-refractivity contribution is 7.99. The van der Waals surface area contributed by atoms with Gasteiger partial charge in [0.2, 0.25) is 0 Å². The molecule has 1 unspecified atom stereocenters. The average Bonchev–Trinajstić information content (AvgIpc) is 2.25. The van der Waals surface area contributed by atoms with Crippen LogP contribution in [-0.2, 0) is 10.8 Å². The van der Waals surface area contributed by atoms with E-state index in [1.807, 2.05) is 6.26 Å². The van der Waals surface area contributed by atoms with Gasteiger partial charge in [0, 0.05) is 23.3 Å². The van der Waals surface area contributed by atoms with E-state index in [0.29, 0.717) is 17.2 Å². The molecule has 0 spiro atoms. The summed E-state index contributed by atoms with van der Waals surface area (Å²) in [4.78, 5) is 0.723. The van der Waals surface area contributed by atoms with Gasteiger partial charge in [-0.1, -0.05) is 0 Å². The molecule has 3 nitrogen and oxygen atoms in total. The van der Waals surface area contributed by atoms with Crippen LogP contribution < -0.4 is 10.5 Å². The predicted molar refractivity (Wildman–Crippen MR) is 67.1 cm³/mol. The zero-order valence-electron chi connectivity index (χ0n) is 8.86. The lowest BCUT2D eigenvalue weighted by Gasteiger charge is -2.08. The Balaban J connectivity index is 2.87. The minimum Gasteiger partial charge on any atom is -0.495 e. The first kappa shape index (κ1) is 12.4. The molecule has 0 aliphatic carbocycles. The van der Waals surface area contributed by atoms with Gasteiger partial charge in [-0.25, -0.2) is 0 Å². The quantitative estimate of drug-likeness (QED) is 0.803. The van der Waals surface area contributed by atoms with Crippen LogP contribution in [0.4, 0.5) is 5.69 Å². The van der Waals surface area contributed by atoms with Crippen LogP contribution in [0.5, 0.6) is 5.75 Å². The molecule has 0 amide bonds. The zero-order valence-corrected chi connectivity index (χ0v) is 10.5. The number of nitrogen functional groups attached to an aromatic ring is 1. The molecule has 0 fully saturated rings.